The molecule has 0 radical (unpaired) electrons. The van der Waals surface area contributed by atoms with Crippen molar-refractivity contribution in [1.82, 2.24) is 0 Å². The van der Waals surface area contributed by atoms with E-state index in [0.717, 1.165) is 22.0 Å². The van der Waals surface area contributed by atoms with Gasteiger partial charge in [0.2, 0.25) is 25.0 Å². The number of hydrogen-bond acceptors (Lipinski definition) is 3. The van der Waals surface area contributed by atoms with Crippen LogP contribution in [0.2, 0.25) is 65.0 Å². The Kier molecular flexibility index (Phi) is 6.64. The highest BCUT2D eigenvalue weighted by Gasteiger charge is 2.28. The van der Waals surface area contributed by atoms with E-state index in [4.69, 9.17) is 13.3 Å². The SMILES string of the molecule is C[Si](C)(C)OC(C[SiH3])=C(O[Si](C)(C)C)O[Si](C)(C)C. The van der Waals surface area contributed by atoms with Gasteiger partial charge in [0, 0.05) is 10.2 Å². The standard InChI is InChI=1S/C12H32O3Si4/c1-17(2,3)13-11(10-16)12(14-18(4,5)6)15-19(7,8)9/h10H2,1-9,16H3. The van der Waals surface area contributed by atoms with Gasteiger partial charge < -0.3 is 13.3 Å². The minimum Gasteiger partial charge on any atom is -0.543 e. The summed E-state index contributed by atoms with van der Waals surface area (Å²) in [5, 5.41) is 0. The summed E-state index contributed by atoms with van der Waals surface area (Å²) in [4.78, 5) is 0. The molecule has 114 valence electrons. The van der Waals surface area contributed by atoms with E-state index >= 15 is 0 Å². The lowest BCUT2D eigenvalue weighted by molar-refractivity contribution is 0.185. The highest BCUT2D eigenvalue weighted by atomic mass is 28.4. The van der Waals surface area contributed by atoms with Gasteiger partial charge in [0.15, 0.2) is 5.76 Å². The molecular weight excluding hydrogens is 304 g/mol. The predicted molar refractivity (Wildman–Crippen MR) is 95.1 cm³/mol. The molecule has 0 atom stereocenters. The molecule has 0 aliphatic rings. The third kappa shape index (κ3) is 10.5. The normalized spacial score (nSPS) is 13.1. The van der Waals surface area contributed by atoms with E-state index in [1.807, 2.05) is 0 Å². The quantitative estimate of drug-likeness (QED) is 0.526. The van der Waals surface area contributed by atoms with Crippen LogP contribution < -0.4 is 0 Å². The zero-order chi connectivity index (χ0) is 15.5. The monoisotopic (exact) mass is 336 g/mol. The van der Waals surface area contributed by atoms with Gasteiger partial charge in [-0.1, -0.05) is 0 Å². The summed E-state index contributed by atoms with van der Waals surface area (Å²) < 4.78 is 18.5. The van der Waals surface area contributed by atoms with E-state index < -0.39 is 25.0 Å². The summed E-state index contributed by atoms with van der Waals surface area (Å²) >= 11 is 0. The van der Waals surface area contributed by atoms with Crippen molar-refractivity contribution in [1.29, 1.82) is 0 Å². The Labute approximate surface area is 125 Å². The van der Waals surface area contributed by atoms with E-state index in [0.29, 0.717) is 5.95 Å². The van der Waals surface area contributed by atoms with Crippen molar-refractivity contribution in [2.75, 3.05) is 0 Å². The molecule has 0 heterocycles. The highest BCUT2D eigenvalue weighted by molar-refractivity contribution is 6.71. The van der Waals surface area contributed by atoms with Crippen LogP contribution in [0.1, 0.15) is 0 Å². The molecule has 0 aliphatic heterocycles. The first-order valence-corrected chi connectivity index (χ1v) is 18.7. The maximum atomic E-state index is 6.19. The van der Waals surface area contributed by atoms with Crippen molar-refractivity contribution in [3.63, 3.8) is 0 Å². The third-order valence-electron chi connectivity index (χ3n) is 1.78. The van der Waals surface area contributed by atoms with Crippen LogP contribution in [0.25, 0.3) is 0 Å². The van der Waals surface area contributed by atoms with E-state index in [1.54, 1.807) is 0 Å². The zero-order valence-electron chi connectivity index (χ0n) is 14.4. The first kappa shape index (κ1) is 19.0. The van der Waals surface area contributed by atoms with E-state index in [2.05, 4.69) is 58.9 Å². The molecule has 0 N–H and O–H groups in total. The minimum atomic E-state index is -1.68. The second-order valence-corrected chi connectivity index (χ2v) is 21.7. The summed E-state index contributed by atoms with van der Waals surface area (Å²) in [6.07, 6.45) is 0. The van der Waals surface area contributed by atoms with Crippen molar-refractivity contribution in [2.24, 2.45) is 0 Å². The molecule has 19 heavy (non-hydrogen) atoms. The maximum Gasteiger partial charge on any atom is 0.289 e. The highest BCUT2D eigenvalue weighted by Crippen LogP contribution is 2.24. The topological polar surface area (TPSA) is 27.7 Å². The van der Waals surface area contributed by atoms with Gasteiger partial charge >= 0.3 is 0 Å². The minimum absolute atomic E-state index is 0.691. The van der Waals surface area contributed by atoms with Crippen molar-refractivity contribution in [2.45, 2.75) is 65.0 Å². The van der Waals surface area contributed by atoms with Crippen LogP contribution in [0, 0.1) is 0 Å². The average molecular weight is 337 g/mol. The zero-order valence-corrected chi connectivity index (χ0v) is 19.4. The summed E-state index contributed by atoms with van der Waals surface area (Å²) in [5.41, 5.74) is 0. The Morgan fingerprint density at radius 3 is 1.21 bits per heavy atom. The fourth-order valence-corrected chi connectivity index (χ4v) is 4.51. The van der Waals surface area contributed by atoms with Crippen LogP contribution in [0.15, 0.2) is 11.7 Å². The fraction of sp³-hybridized carbons (Fsp3) is 0.833. The van der Waals surface area contributed by atoms with E-state index in [-0.39, 0.29) is 0 Å². The lowest BCUT2D eigenvalue weighted by atomic mass is 10.6. The van der Waals surface area contributed by atoms with Gasteiger partial charge in [0.05, 0.1) is 0 Å². The Hall–Kier alpha value is 0.00753. The average Bonchev–Trinajstić information content (AvgIpc) is 2.06. The molecule has 0 saturated carbocycles. The van der Waals surface area contributed by atoms with Gasteiger partial charge in [-0.3, -0.25) is 0 Å². The van der Waals surface area contributed by atoms with Gasteiger partial charge in [-0.25, -0.2) is 0 Å². The van der Waals surface area contributed by atoms with Crippen molar-refractivity contribution in [3.05, 3.63) is 11.7 Å². The van der Waals surface area contributed by atoms with Crippen LogP contribution in [0.4, 0.5) is 0 Å². The van der Waals surface area contributed by atoms with E-state index in [1.165, 1.54) is 0 Å². The Morgan fingerprint density at radius 1 is 0.684 bits per heavy atom. The molecule has 0 spiro atoms. The molecule has 0 bridgehead atoms. The number of hydrogen-bond donors (Lipinski definition) is 0. The molecule has 0 aromatic carbocycles. The van der Waals surface area contributed by atoms with Gasteiger partial charge in [0.1, 0.15) is 0 Å². The van der Waals surface area contributed by atoms with Crippen LogP contribution in [0.3, 0.4) is 0 Å². The smallest absolute Gasteiger partial charge is 0.289 e. The summed E-state index contributed by atoms with van der Waals surface area (Å²) in [7, 11) is -3.93. The molecule has 0 saturated heterocycles. The number of rotatable bonds is 7. The van der Waals surface area contributed by atoms with Gasteiger partial charge in [-0.05, 0) is 65.0 Å². The van der Waals surface area contributed by atoms with Gasteiger partial charge in [0.25, 0.3) is 5.95 Å². The Bertz CT molecular complexity index is 303. The summed E-state index contributed by atoms with van der Waals surface area (Å²) in [6, 6.07) is 0.953. The summed E-state index contributed by atoms with van der Waals surface area (Å²) in [6.45, 7) is 19.7. The lowest BCUT2D eigenvalue weighted by Crippen LogP contribution is -2.34. The third-order valence-corrected chi connectivity index (χ3v) is 4.87. The van der Waals surface area contributed by atoms with Gasteiger partial charge in [-0.15, -0.1) is 0 Å². The lowest BCUT2D eigenvalue weighted by Gasteiger charge is -2.31. The largest absolute Gasteiger partial charge is 0.543 e. The second-order valence-electron chi connectivity index (χ2n) is 7.71. The fourth-order valence-electron chi connectivity index (χ4n) is 1.32. The second kappa shape index (κ2) is 6.64. The molecule has 0 aromatic heterocycles. The first-order chi connectivity index (χ1) is 8.23. The first-order valence-electron chi connectivity index (χ1n) is 7.04. The molecule has 0 rings (SSSR count). The Morgan fingerprint density at radius 2 is 1.00 bits per heavy atom. The van der Waals surface area contributed by atoms with Crippen LogP contribution in [-0.4, -0.2) is 35.2 Å². The molecule has 0 unspecified atom stereocenters. The van der Waals surface area contributed by atoms with Gasteiger partial charge in [-0.2, -0.15) is 0 Å². The number of allylic oxidation sites excluding steroid dienone is 1. The maximum absolute atomic E-state index is 6.19. The van der Waals surface area contributed by atoms with Crippen LogP contribution in [0.5, 0.6) is 0 Å². The van der Waals surface area contributed by atoms with E-state index in [9.17, 15) is 0 Å². The summed E-state index contributed by atoms with van der Waals surface area (Å²) in [5.74, 6) is 1.64. The van der Waals surface area contributed by atoms with Crippen LogP contribution in [-0.2, 0) is 13.3 Å². The van der Waals surface area contributed by atoms with Crippen molar-refractivity contribution >= 4 is 35.2 Å². The molecular formula is C12H32O3Si4. The molecule has 3 nitrogen and oxygen atoms in total. The van der Waals surface area contributed by atoms with Crippen molar-refractivity contribution < 1.29 is 13.3 Å². The Balaban J connectivity index is 5.36. The van der Waals surface area contributed by atoms with Crippen LogP contribution >= 0.6 is 0 Å². The predicted octanol–water partition coefficient (Wildman–Crippen LogP) is 3.49. The molecule has 0 fully saturated rings. The van der Waals surface area contributed by atoms with Crippen molar-refractivity contribution in [3.8, 4) is 0 Å². The molecule has 0 aliphatic carbocycles. The molecule has 7 heteroatoms. The molecule has 0 amide bonds. The molecule has 0 aromatic rings.